The van der Waals surface area contributed by atoms with Gasteiger partial charge in [0.05, 0.1) is 5.69 Å². The average molecular weight is 338 g/mol. The zero-order valence-electron chi connectivity index (χ0n) is 14.7. The van der Waals surface area contributed by atoms with Crippen LogP contribution in [0.15, 0.2) is 42.5 Å². The van der Waals surface area contributed by atoms with Crippen LogP contribution in [0.3, 0.4) is 0 Å². The van der Waals surface area contributed by atoms with Gasteiger partial charge in [-0.2, -0.15) is 0 Å². The van der Waals surface area contributed by atoms with Crippen LogP contribution in [0.2, 0.25) is 0 Å². The molecule has 0 aliphatic carbocycles. The van der Waals surface area contributed by atoms with E-state index in [2.05, 4.69) is 22.3 Å². The topological polar surface area (TPSA) is 71.2 Å². The average Bonchev–Trinajstić information content (AvgIpc) is 2.63. The van der Waals surface area contributed by atoms with Crippen molar-refractivity contribution in [3.8, 4) is 11.3 Å². The molecule has 0 spiro atoms. The Balaban J connectivity index is 1.70. The summed E-state index contributed by atoms with van der Waals surface area (Å²) in [5.74, 6) is 1.73. The van der Waals surface area contributed by atoms with E-state index in [9.17, 15) is 4.79 Å². The summed E-state index contributed by atoms with van der Waals surface area (Å²) in [6.45, 7) is 4.38. The Morgan fingerprint density at radius 3 is 2.56 bits per heavy atom. The van der Waals surface area contributed by atoms with Gasteiger partial charge in [-0.15, -0.1) is 0 Å². The number of pyridine rings is 1. The monoisotopic (exact) mass is 338 g/mol. The van der Waals surface area contributed by atoms with Gasteiger partial charge in [-0.25, -0.2) is 4.98 Å². The number of carbonyl (C=O) groups excluding carboxylic acids is 1. The van der Waals surface area contributed by atoms with Crippen molar-refractivity contribution in [2.75, 3.05) is 29.9 Å². The molecule has 132 valence electrons. The lowest BCUT2D eigenvalue weighted by molar-refractivity contribution is -0.114. The van der Waals surface area contributed by atoms with Crippen molar-refractivity contribution in [3.63, 3.8) is 0 Å². The van der Waals surface area contributed by atoms with Gasteiger partial charge < -0.3 is 16.0 Å². The SMILES string of the molecule is CC(=O)Nc1ccc(-c2cccc(N3CCC(CCN)CC3)n2)cc1. The van der Waals surface area contributed by atoms with Crippen LogP contribution in [0.4, 0.5) is 11.5 Å². The number of nitrogens with one attached hydrogen (secondary N) is 1. The van der Waals surface area contributed by atoms with Gasteiger partial charge >= 0.3 is 0 Å². The van der Waals surface area contributed by atoms with E-state index < -0.39 is 0 Å². The van der Waals surface area contributed by atoms with E-state index in [0.29, 0.717) is 0 Å². The number of hydrogen-bond acceptors (Lipinski definition) is 4. The van der Waals surface area contributed by atoms with Gasteiger partial charge in [-0.05, 0) is 56.0 Å². The number of carbonyl (C=O) groups is 1. The fraction of sp³-hybridized carbons (Fsp3) is 0.400. The van der Waals surface area contributed by atoms with Crippen molar-refractivity contribution >= 4 is 17.4 Å². The number of hydrogen-bond donors (Lipinski definition) is 2. The molecule has 1 aliphatic heterocycles. The maximum atomic E-state index is 11.1. The number of amides is 1. The normalized spacial score (nSPS) is 15.2. The van der Waals surface area contributed by atoms with Gasteiger partial charge in [-0.1, -0.05) is 18.2 Å². The summed E-state index contributed by atoms with van der Waals surface area (Å²) >= 11 is 0. The number of rotatable bonds is 5. The lowest BCUT2D eigenvalue weighted by Gasteiger charge is -2.32. The fourth-order valence-electron chi connectivity index (χ4n) is 3.37. The van der Waals surface area contributed by atoms with E-state index in [4.69, 9.17) is 10.7 Å². The van der Waals surface area contributed by atoms with Gasteiger partial charge in [0.15, 0.2) is 0 Å². The second-order valence-electron chi connectivity index (χ2n) is 6.65. The fourth-order valence-corrected chi connectivity index (χ4v) is 3.37. The maximum absolute atomic E-state index is 11.1. The first kappa shape index (κ1) is 17.4. The third-order valence-electron chi connectivity index (χ3n) is 4.75. The molecule has 0 unspecified atom stereocenters. The molecule has 1 aromatic heterocycles. The summed E-state index contributed by atoms with van der Waals surface area (Å²) in [6.07, 6.45) is 3.50. The lowest BCUT2D eigenvalue weighted by Crippen LogP contribution is -2.34. The molecule has 2 heterocycles. The van der Waals surface area contributed by atoms with Gasteiger partial charge in [0.2, 0.25) is 5.91 Å². The minimum absolute atomic E-state index is 0.0640. The molecule has 25 heavy (non-hydrogen) atoms. The van der Waals surface area contributed by atoms with Crippen molar-refractivity contribution in [3.05, 3.63) is 42.5 Å². The van der Waals surface area contributed by atoms with Crippen molar-refractivity contribution in [2.24, 2.45) is 11.7 Å². The van der Waals surface area contributed by atoms with Gasteiger partial charge in [-0.3, -0.25) is 4.79 Å². The lowest BCUT2D eigenvalue weighted by atomic mass is 9.93. The minimum Gasteiger partial charge on any atom is -0.357 e. The molecule has 0 saturated carbocycles. The van der Waals surface area contributed by atoms with Gasteiger partial charge in [0.1, 0.15) is 5.82 Å². The molecule has 0 radical (unpaired) electrons. The van der Waals surface area contributed by atoms with Crippen LogP contribution >= 0.6 is 0 Å². The number of nitrogens with zero attached hydrogens (tertiary/aromatic N) is 2. The first-order valence-electron chi connectivity index (χ1n) is 8.96. The molecule has 1 fully saturated rings. The Morgan fingerprint density at radius 1 is 1.20 bits per heavy atom. The first-order chi connectivity index (χ1) is 12.2. The molecule has 1 aromatic carbocycles. The highest BCUT2D eigenvalue weighted by Gasteiger charge is 2.19. The zero-order valence-corrected chi connectivity index (χ0v) is 14.7. The van der Waals surface area contributed by atoms with Crippen LogP contribution in [0.5, 0.6) is 0 Å². The molecular formula is C20H26N4O. The summed E-state index contributed by atoms with van der Waals surface area (Å²) in [5, 5.41) is 2.78. The van der Waals surface area contributed by atoms with Crippen LogP contribution in [0.1, 0.15) is 26.2 Å². The Hall–Kier alpha value is -2.40. The second-order valence-corrected chi connectivity index (χ2v) is 6.65. The summed E-state index contributed by atoms with van der Waals surface area (Å²) in [6, 6.07) is 14.0. The van der Waals surface area contributed by atoms with Gasteiger partial charge in [0, 0.05) is 31.3 Å². The Bertz CT molecular complexity index is 706. The molecule has 1 amide bonds. The third-order valence-corrected chi connectivity index (χ3v) is 4.75. The summed E-state index contributed by atoms with van der Waals surface area (Å²) in [7, 11) is 0. The highest BCUT2D eigenvalue weighted by molar-refractivity contribution is 5.88. The van der Waals surface area contributed by atoms with E-state index in [1.54, 1.807) is 0 Å². The number of nitrogens with two attached hydrogens (primary N) is 1. The molecule has 0 bridgehead atoms. The van der Waals surface area contributed by atoms with Crippen molar-refractivity contribution in [2.45, 2.75) is 26.2 Å². The summed E-state index contributed by atoms with van der Waals surface area (Å²) in [5.41, 5.74) is 8.48. The number of anilines is 2. The van der Waals surface area contributed by atoms with Crippen LogP contribution in [0.25, 0.3) is 11.3 Å². The smallest absolute Gasteiger partial charge is 0.221 e. The Labute approximate surface area is 149 Å². The second kappa shape index (κ2) is 8.12. The molecule has 1 saturated heterocycles. The highest BCUT2D eigenvalue weighted by atomic mass is 16.1. The van der Waals surface area contributed by atoms with E-state index in [1.165, 1.54) is 19.8 Å². The quantitative estimate of drug-likeness (QED) is 0.878. The van der Waals surface area contributed by atoms with Crippen molar-refractivity contribution in [1.29, 1.82) is 0 Å². The number of piperidine rings is 1. The standard InChI is InChI=1S/C20H26N4O/c1-15(25)22-18-7-5-17(6-8-18)19-3-2-4-20(23-19)24-13-10-16(9-12-21)11-14-24/h2-8,16H,9-14,21H2,1H3,(H,22,25). The highest BCUT2D eigenvalue weighted by Crippen LogP contribution is 2.26. The summed E-state index contributed by atoms with van der Waals surface area (Å²) < 4.78 is 0. The predicted octanol–water partition coefficient (Wildman–Crippen LogP) is 3.27. The molecule has 2 aromatic rings. The molecule has 0 atom stereocenters. The molecule has 5 heteroatoms. The van der Waals surface area contributed by atoms with Crippen molar-refractivity contribution < 1.29 is 4.79 Å². The minimum atomic E-state index is -0.0640. The maximum Gasteiger partial charge on any atom is 0.221 e. The third kappa shape index (κ3) is 4.57. The van der Waals surface area contributed by atoms with E-state index in [1.807, 2.05) is 30.3 Å². The van der Waals surface area contributed by atoms with Crippen LogP contribution < -0.4 is 16.0 Å². The molecule has 3 N–H and O–H groups in total. The molecule has 1 aliphatic rings. The van der Waals surface area contributed by atoms with E-state index in [0.717, 1.165) is 54.7 Å². The van der Waals surface area contributed by atoms with Crippen LogP contribution in [0, 0.1) is 5.92 Å². The van der Waals surface area contributed by atoms with Gasteiger partial charge in [0.25, 0.3) is 0 Å². The first-order valence-corrected chi connectivity index (χ1v) is 8.96. The van der Waals surface area contributed by atoms with Crippen LogP contribution in [-0.4, -0.2) is 30.5 Å². The largest absolute Gasteiger partial charge is 0.357 e. The summed E-state index contributed by atoms with van der Waals surface area (Å²) in [4.78, 5) is 18.3. The number of aromatic nitrogens is 1. The Kier molecular flexibility index (Phi) is 5.66. The van der Waals surface area contributed by atoms with E-state index >= 15 is 0 Å². The molecule has 5 nitrogen and oxygen atoms in total. The molecule has 3 rings (SSSR count). The zero-order chi connectivity index (χ0) is 17.6. The predicted molar refractivity (Wildman–Crippen MR) is 103 cm³/mol. The van der Waals surface area contributed by atoms with Crippen LogP contribution in [-0.2, 0) is 4.79 Å². The molecular weight excluding hydrogens is 312 g/mol. The Morgan fingerprint density at radius 2 is 1.92 bits per heavy atom. The number of benzene rings is 1. The van der Waals surface area contributed by atoms with E-state index in [-0.39, 0.29) is 5.91 Å². The van der Waals surface area contributed by atoms with Crippen molar-refractivity contribution in [1.82, 2.24) is 4.98 Å².